The van der Waals surface area contributed by atoms with Crippen LogP contribution in [-0.2, 0) is 22.6 Å². The van der Waals surface area contributed by atoms with Crippen molar-refractivity contribution in [3.8, 4) is 0 Å². The van der Waals surface area contributed by atoms with Gasteiger partial charge in [-0.1, -0.05) is 6.07 Å². The van der Waals surface area contributed by atoms with E-state index in [1.165, 1.54) is 0 Å². The van der Waals surface area contributed by atoms with Crippen molar-refractivity contribution in [1.29, 1.82) is 0 Å². The van der Waals surface area contributed by atoms with E-state index in [4.69, 9.17) is 4.74 Å². The number of amides is 3. The van der Waals surface area contributed by atoms with Crippen molar-refractivity contribution in [2.75, 3.05) is 17.2 Å². The van der Waals surface area contributed by atoms with Crippen LogP contribution in [0.25, 0.3) is 0 Å². The molecule has 3 amide bonds. The largest absolute Gasteiger partial charge is 0.461 e. The van der Waals surface area contributed by atoms with Crippen LogP contribution in [0, 0.1) is 0 Å². The fraction of sp³-hybridized carbons (Fsp3) is 0.400. The molecule has 9 heteroatoms. The van der Waals surface area contributed by atoms with E-state index in [2.05, 4.69) is 20.8 Å². The second-order valence-corrected chi connectivity index (χ2v) is 7.29. The van der Waals surface area contributed by atoms with Crippen LogP contribution in [0.4, 0.5) is 16.3 Å². The van der Waals surface area contributed by atoms with Crippen LogP contribution in [0.3, 0.4) is 0 Å². The van der Waals surface area contributed by atoms with Gasteiger partial charge in [0.15, 0.2) is 5.82 Å². The number of hydrogen-bond donors (Lipinski definition) is 3. The molecule has 2 heterocycles. The Labute approximate surface area is 167 Å². The Balaban J connectivity index is 1.45. The lowest BCUT2D eigenvalue weighted by atomic mass is 10.1. The van der Waals surface area contributed by atoms with E-state index in [0.29, 0.717) is 35.9 Å². The van der Waals surface area contributed by atoms with Crippen molar-refractivity contribution in [1.82, 2.24) is 15.1 Å². The van der Waals surface area contributed by atoms with E-state index in [9.17, 15) is 14.4 Å². The number of rotatable bonds is 5. The Morgan fingerprint density at radius 3 is 2.66 bits per heavy atom. The van der Waals surface area contributed by atoms with Crippen molar-refractivity contribution in [3.63, 3.8) is 0 Å². The Kier molecular flexibility index (Phi) is 4.96. The topological polar surface area (TPSA) is 116 Å². The molecule has 0 spiro atoms. The van der Waals surface area contributed by atoms with Gasteiger partial charge >= 0.3 is 12.0 Å². The molecular formula is C20H23N5O4. The van der Waals surface area contributed by atoms with Gasteiger partial charge in [-0.2, -0.15) is 5.10 Å². The highest BCUT2D eigenvalue weighted by molar-refractivity contribution is 6.01. The van der Waals surface area contributed by atoms with Gasteiger partial charge in [-0.05, 0) is 48.9 Å². The summed E-state index contributed by atoms with van der Waals surface area (Å²) in [5, 5.41) is 12.3. The third-order valence-electron chi connectivity index (χ3n) is 5.13. The van der Waals surface area contributed by atoms with Crippen LogP contribution in [0.1, 0.15) is 59.8 Å². The van der Waals surface area contributed by atoms with E-state index in [1.807, 2.05) is 12.1 Å². The van der Waals surface area contributed by atoms with E-state index >= 15 is 0 Å². The lowest BCUT2D eigenvalue weighted by Crippen LogP contribution is -2.21. The van der Waals surface area contributed by atoms with Crippen molar-refractivity contribution in [2.24, 2.45) is 0 Å². The molecule has 29 heavy (non-hydrogen) atoms. The summed E-state index contributed by atoms with van der Waals surface area (Å²) in [6, 6.07) is 5.14. The molecule has 1 saturated carbocycles. The summed E-state index contributed by atoms with van der Waals surface area (Å²) in [5.74, 6) is 0.0963. The summed E-state index contributed by atoms with van der Waals surface area (Å²) >= 11 is 0. The Hall–Kier alpha value is -3.36. The maximum atomic E-state index is 12.5. The quantitative estimate of drug-likeness (QED) is 0.671. The first-order valence-electron chi connectivity index (χ1n) is 9.67. The molecule has 4 rings (SSSR count). The second-order valence-electron chi connectivity index (χ2n) is 7.29. The SMILES string of the molecule is CCOC(=O)c1[nH]nc(NC(=O)Nc2ccc3c(c2)CN(C(C)=O)C3)c1C1CC1. The lowest BCUT2D eigenvalue weighted by molar-refractivity contribution is -0.129. The average molecular weight is 397 g/mol. The number of carbonyl (C=O) groups excluding carboxylic acids is 3. The third-order valence-corrected chi connectivity index (χ3v) is 5.13. The monoisotopic (exact) mass is 397 g/mol. The predicted octanol–water partition coefficient (Wildman–Crippen LogP) is 2.97. The number of carbonyl (C=O) groups is 3. The summed E-state index contributed by atoms with van der Waals surface area (Å²) in [5.41, 5.74) is 3.71. The number of esters is 1. The zero-order chi connectivity index (χ0) is 20.5. The lowest BCUT2D eigenvalue weighted by Gasteiger charge is -2.11. The molecule has 1 aliphatic carbocycles. The van der Waals surface area contributed by atoms with Crippen molar-refractivity contribution >= 4 is 29.4 Å². The molecule has 0 bridgehead atoms. The van der Waals surface area contributed by atoms with Crippen molar-refractivity contribution in [3.05, 3.63) is 40.6 Å². The molecule has 0 saturated heterocycles. The van der Waals surface area contributed by atoms with Crippen LogP contribution in [-0.4, -0.2) is 39.6 Å². The minimum absolute atomic E-state index is 0.0250. The van der Waals surface area contributed by atoms with Crippen molar-refractivity contribution in [2.45, 2.75) is 45.7 Å². The van der Waals surface area contributed by atoms with Gasteiger partial charge in [-0.25, -0.2) is 9.59 Å². The fourth-order valence-corrected chi connectivity index (χ4v) is 3.54. The maximum absolute atomic E-state index is 12.5. The molecule has 2 aliphatic rings. The molecule has 152 valence electrons. The molecule has 1 aliphatic heterocycles. The van der Waals surface area contributed by atoms with E-state index in [-0.39, 0.29) is 18.4 Å². The molecule has 0 radical (unpaired) electrons. The molecule has 9 nitrogen and oxygen atoms in total. The van der Waals surface area contributed by atoms with Crippen LogP contribution in [0.15, 0.2) is 18.2 Å². The number of hydrogen-bond acceptors (Lipinski definition) is 5. The number of ether oxygens (including phenoxy) is 1. The van der Waals surface area contributed by atoms with Crippen LogP contribution < -0.4 is 10.6 Å². The first kappa shape index (κ1) is 19.0. The number of anilines is 2. The van der Waals surface area contributed by atoms with Crippen molar-refractivity contribution < 1.29 is 19.1 Å². The van der Waals surface area contributed by atoms with Gasteiger partial charge in [0, 0.05) is 31.3 Å². The van der Waals surface area contributed by atoms with E-state index in [0.717, 1.165) is 24.0 Å². The number of aromatic nitrogens is 2. The van der Waals surface area contributed by atoms with Crippen LogP contribution >= 0.6 is 0 Å². The molecule has 0 unspecified atom stereocenters. The first-order chi connectivity index (χ1) is 14.0. The molecule has 0 atom stereocenters. The second kappa shape index (κ2) is 7.57. The molecule has 1 fully saturated rings. The highest BCUT2D eigenvalue weighted by Crippen LogP contribution is 2.44. The predicted molar refractivity (Wildman–Crippen MR) is 106 cm³/mol. The minimum Gasteiger partial charge on any atom is -0.461 e. The van der Waals surface area contributed by atoms with Gasteiger partial charge in [-0.3, -0.25) is 15.2 Å². The number of fused-ring (bicyclic) bond motifs is 1. The van der Waals surface area contributed by atoms with Gasteiger partial charge in [-0.15, -0.1) is 0 Å². The van der Waals surface area contributed by atoms with Crippen LogP contribution in [0.5, 0.6) is 0 Å². The molecule has 1 aromatic heterocycles. The summed E-state index contributed by atoms with van der Waals surface area (Å²) in [7, 11) is 0. The average Bonchev–Trinajstić information content (AvgIpc) is 3.28. The van der Waals surface area contributed by atoms with Gasteiger partial charge in [0.1, 0.15) is 5.69 Å². The molecule has 1 aromatic carbocycles. The van der Waals surface area contributed by atoms with Gasteiger partial charge in [0.2, 0.25) is 5.91 Å². The smallest absolute Gasteiger partial charge is 0.356 e. The fourth-order valence-electron chi connectivity index (χ4n) is 3.54. The summed E-state index contributed by atoms with van der Waals surface area (Å²) in [4.78, 5) is 37.9. The van der Waals surface area contributed by atoms with Gasteiger partial charge < -0.3 is 15.0 Å². The third kappa shape index (κ3) is 3.94. The number of nitrogens with one attached hydrogen (secondary N) is 3. The zero-order valence-corrected chi connectivity index (χ0v) is 16.4. The molecule has 2 aromatic rings. The van der Waals surface area contributed by atoms with Gasteiger partial charge in [0.25, 0.3) is 0 Å². The number of benzene rings is 1. The highest BCUT2D eigenvalue weighted by Gasteiger charge is 2.34. The summed E-state index contributed by atoms with van der Waals surface area (Å²) < 4.78 is 5.06. The standard InChI is InChI=1S/C20H23N5O4/c1-3-29-19(27)17-16(12-4-5-12)18(24-23-17)22-20(28)21-15-7-6-13-9-25(11(2)26)10-14(13)8-15/h6-8,12H,3-5,9-10H2,1-2H3,(H3,21,22,23,24,28). The maximum Gasteiger partial charge on any atom is 0.356 e. The zero-order valence-electron chi connectivity index (χ0n) is 16.4. The number of urea groups is 1. The number of nitrogens with zero attached hydrogens (tertiary/aromatic N) is 2. The Morgan fingerprint density at radius 2 is 1.97 bits per heavy atom. The first-order valence-corrected chi connectivity index (χ1v) is 9.67. The molecular weight excluding hydrogens is 374 g/mol. The van der Waals surface area contributed by atoms with Crippen LogP contribution in [0.2, 0.25) is 0 Å². The summed E-state index contributed by atoms with van der Waals surface area (Å²) in [6.07, 6.45) is 1.89. The molecule has 3 N–H and O–H groups in total. The number of H-pyrrole nitrogens is 1. The summed E-state index contributed by atoms with van der Waals surface area (Å²) in [6.45, 7) is 4.68. The number of aromatic amines is 1. The van der Waals surface area contributed by atoms with E-state index < -0.39 is 12.0 Å². The van der Waals surface area contributed by atoms with Gasteiger partial charge in [0.05, 0.1) is 6.61 Å². The highest BCUT2D eigenvalue weighted by atomic mass is 16.5. The van der Waals surface area contributed by atoms with E-state index in [1.54, 1.807) is 24.8 Å². The Bertz CT molecular complexity index is 979. The Morgan fingerprint density at radius 1 is 1.21 bits per heavy atom. The normalized spacial score (nSPS) is 15.0. The minimum atomic E-state index is -0.469.